The van der Waals surface area contributed by atoms with E-state index in [-0.39, 0.29) is 0 Å². The van der Waals surface area contributed by atoms with E-state index in [2.05, 4.69) is 39.2 Å². The second kappa shape index (κ2) is 5.98. The number of rotatable bonds is 4. The van der Waals surface area contributed by atoms with Crippen molar-refractivity contribution in [3.8, 4) is 11.5 Å². The zero-order chi connectivity index (χ0) is 13.0. The van der Waals surface area contributed by atoms with Crippen molar-refractivity contribution in [2.45, 2.75) is 13.5 Å². The monoisotopic (exact) mass is 306 g/mol. The molecule has 0 aliphatic rings. The normalized spacial score (nSPS) is 10.4. The van der Waals surface area contributed by atoms with Crippen LogP contribution in [0, 0.1) is 6.92 Å². The third-order valence-corrected chi connectivity index (χ3v) is 3.03. The average Bonchev–Trinajstić information content (AvgIpc) is 2.33. The molecule has 0 atom stereocenters. The Morgan fingerprint density at radius 1 is 1.22 bits per heavy atom. The lowest BCUT2D eigenvalue weighted by atomic mass is 10.1. The molecule has 0 saturated heterocycles. The Kier molecular flexibility index (Phi) is 4.33. The molecule has 0 aliphatic heterocycles. The number of hydrogen-bond acceptors (Lipinski definition) is 3. The average molecular weight is 307 g/mol. The number of benzene rings is 1. The first-order chi connectivity index (χ1) is 8.69. The first-order valence-electron chi connectivity index (χ1n) is 5.71. The van der Waals surface area contributed by atoms with Crippen LogP contribution in [-0.2, 0) is 6.54 Å². The molecule has 18 heavy (non-hydrogen) atoms. The highest BCUT2D eigenvalue weighted by Crippen LogP contribution is 2.25. The largest absolute Gasteiger partial charge is 0.456 e. The fourth-order valence-corrected chi connectivity index (χ4v) is 2.05. The number of ether oxygens (including phenoxy) is 1. The molecule has 1 N–H and O–H groups in total. The highest BCUT2D eigenvalue weighted by atomic mass is 79.9. The van der Waals surface area contributed by atoms with Gasteiger partial charge >= 0.3 is 0 Å². The van der Waals surface area contributed by atoms with Gasteiger partial charge in [0.1, 0.15) is 11.5 Å². The van der Waals surface area contributed by atoms with Crippen LogP contribution in [0.5, 0.6) is 11.5 Å². The summed E-state index contributed by atoms with van der Waals surface area (Å²) in [6.45, 7) is 2.95. The van der Waals surface area contributed by atoms with E-state index in [0.717, 1.165) is 22.5 Å². The van der Waals surface area contributed by atoms with Crippen molar-refractivity contribution in [2.24, 2.45) is 0 Å². The highest BCUT2D eigenvalue weighted by Gasteiger charge is 2.02. The molecule has 0 unspecified atom stereocenters. The van der Waals surface area contributed by atoms with Gasteiger partial charge < -0.3 is 10.1 Å². The number of aromatic nitrogens is 1. The van der Waals surface area contributed by atoms with Gasteiger partial charge in [-0.2, -0.15) is 0 Å². The van der Waals surface area contributed by atoms with Gasteiger partial charge in [-0.3, -0.25) is 4.98 Å². The van der Waals surface area contributed by atoms with Gasteiger partial charge in [0, 0.05) is 17.2 Å². The number of pyridine rings is 1. The van der Waals surface area contributed by atoms with E-state index in [0.29, 0.717) is 0 Å². The van der Waals surface area contributed by atoms with Crippen molar-refractivity contribution in [2.75, 3.05) is 7.05 Å². The smallest absolute Gasteiger partial charge is 0.146 e. The van der Waals surface area contributed by atoms with E-state index >= 15 is 0 Å². The van der Waals surface area contributed by atoms with Crippen LogP contribution in [0.2, 0.25) is 0 Å². The van der Waals surface area contributed by atoms with Crippen molar-refractivity contribution in [1.82, 2.24) is 10.3 Å². The lowest BCUT2D eigenvalue weighted by molar-refractivity contribution is 0.479. The van der Waals surface area contributed by atoms with Gasteiger partial charge in [0.2, 0.25) is 0 Å². The van der Waals surface area contributed by atoms with Crippen molar-refractivity contribution >= 4 is 15.9 Å². The Bertz CT molecular complexity index is 543. The third kappa shape index (κ3) is 3.31. The van der Waals surface area contributed by atoms with Crippen molar-refractivity contribution in [1.29, 1.82) is 0 Å². The van der Waals surface area contributed by atoms with Gasteiger partial charge in [0.15, 0.2) is 0 Å². The molecular weight excluding hydrogens is 292 g/mol. The van der Waals surface area contributed by atoms with Crippen LogP contribution in [0.4, 0.5) is 0 Å². The molecule has 0 spiro atoms. The summed E-state index contributed by atoms with van der Waals surface area (Å²) in [4.78, 5) is 4.07. The summed E-state index contributed by atoms with van der Waals surface area (Å²) in [5, 5.41) is 3.14. The van der Waals surface area contributed by atoms with Crippen molar-refractivity contribution in [3.05, 3.63) is 52.3 Å². The maximum Gasteiger partial charge on any atom is 0.146 e. The van der Waals surface area contributed by atoms with Gasteiger partial charge in [-0.25, -0.2) is 0 Å². The summed E-state index contributed by atoms with van der Waals surface area (Å²) in [5.74, 6) is 1.55. The number of halogens is 1. The quantitative estimate of drug-likeness (QED) is 0.936. The Hall–Kier alpha value is -1.39. The van der Waals surface area contributed by atoms with Gasteiger partial charge in [-0.15, -0.1) is 0 Å². The standard InChI is InChI=1S/C14H15BrN2O/c1-10-5-13(4-3-11(10)7-16-2)18-14-6-12(15)8-17-9-14/h3-6,8-9,16H,7H2,1-2H3. The Balaban J connectivity index is 2.17. The molecule has 3 nitrogen and oxygen atoms in total. The number of aryl methyl sites for hydroxylation is 1. The minimum atomic E-state index is 0.727. The van der Waals surface area contributed by atoms with Gasteiger partial charge in [0.05, 0.1) is 6.20 Å². The maximum atomic E-state index is 5.76. The van der Waals surface area contributed by atoms with E-state index in [1.54, 1.807) is 12.4 Å². The van der Waals surface area contributed by atoms with Crippen LogP contribution in [-0.4, -0.2) is 12.0 Å². The van der Waals surface area contributed by atoms with Gasteiger partial charge in [-0.1, -0.05) is 6.07 Å². The molecule has 4 heteroatoms. The fraction of sp³-hybridized carbons (Fsp3) is 0.214. The Labute approximate surface area is 115 Å². The molecular formula is C14H15BrN2O. The molecule has 2 aromatic rings. The molecule has 0 fully saturated rings. The summed E-state index contributed by atoms with van der Waals surface area (Å²) in [6, 6.07) is 7.98. The van der Waals surface area contributed by atoms with Crippen LogP contribution >= 0.6 is 15.9 Å². The summed E-state index contributed by atoms with van der Waals surface area (Å²) in [6.07, 6.45) is 3.43. The van der Waals surface area contributed by atoms with E-state index in [1.807, 2.05) is 25.2 Å². The second-order valence-corrected chi connectivity index (χ2v) is 4.98. The Morgan fingerprint density at radius 3 is 2.72 bits per heavy atom. The van der Waals surface area contributed by atoms with E-state index < -0.39 is 0 Å². The first-order valence-corrected chi connectivity index (χ1v) is 6.51. The fourth-order valence-electron chi connectivity index (χ4n) is 1.70. The molecule has 94 valence electrons. The highest BCUT2D eigenvalue weighted by molar-refractivity contribution is 9.10. The SMILES string of the molecule is CNCc1ccc(Oc2cncc(Br)c2)cc1C. The van der Waals surface area contributed by atoms with E-state index in [4.69, 9.17) is 4.74 Å². The Morgan fingerprint density at radius 2 is 2.06 bits per heavy atom. The number of nitrogens with one attached hydrogen (secondary N) is 1. The van der Waals surface area contributed by atoms with Crippen LogP contribution < -0.4 is 10.1 Å². The van der Waals surface area contributed by atoms with Crippen LogP contribution in [0.1, 0.15) is 11.1 Å². The number of hydrogen-bond donors (Lipinski definition) is 1. The first kappa shape index (κ1) is 13.1. The van der Waals surface area contributed by atoms with E-state index in [9.17, 15) is 0 Å². The molecule has 1 heterocycles. The maximum absolute atomic E-state index is 5.76. The van der Waals surface area contributed by atoms with Crippen LogP contribution in [0.25, 0.3) is 0 Å². The lowest BCUT2D eigenvalue weighted by Crippen LogP contribution is -2.06. The van der Waals surface area contributed by atoms with Crippen LogP contribution in [0.15, 0.2) is 41.1 Å². The molecule has 2 rings (SSSR count). The number of nitrogens with zero attached hydrogens (tertiary/aromatic N) is 1. The third-order valence-electron chi connectivity index (χ3n) is 2.60. The summed E-state index contributed by atoms with van der Waals surface area (Å²) >= 11 is 3.37. The second-order valence-electron chi connectivity index (χ2n) is 4.06. The lowest BCUT2D eigenvalue weighted by Gasteiger charge is -2.09. The molecule has 0 bridgehead atoms. The molecule has 0 amide bonds. The van der Waals surface area contributed by atoms with E-state index in [1.165, 1.54) is 11.1 Å². The minimum Gasteiger partial charge on any atom is -0.456 e. The van der Waals surface area contributed by atoms with Crippen molar-refractivity contribution in [3.63, 3.8) is 0 Å². The van der Waals surface area contributed by atoms with Crippen LogP contribution in [0.3, 0.4) is 0 Å². The summed E-state index contributed by atoms with van der Waals surface area (Å²) < 4.78 is 6.67. The van der Waals surface area contributed by atoms with Gasteiger partial charge in [0.25, 0.3) is 0 Å². The molecule has 1 aromatic heterocycles. The topological polar surface area (TPSA) is 34.1 Å². The van der Waals surface area contributed by atoms with Gasteiger partial charge in [-0.05, 0) is 59.2 Å². The molecule has 0 saturated carbocycles. The van der Waals surface area contributed by atoms with Crippen molar-refractivity contribution < 1.29 is 4.74 Å². The predicted molar refractivity (Wildman–Crippen MR) is 76.0 cm³/mol. The zero-order valence-electron chi connectivity index (χ0n) is 10.4. The predicted octanol–water partition coefficient (Wildman–Crippen LogP) is 3.66. The zero-order valence-corrected chi connectivity index (χ0v) is 12.0. The summed E-state index contributed by atoms with van der Waals surface area (Å²) in [7, 11) is 1.94. The minimum absolute atomic E-state index is 0.727. The molecule has 0 aliphatic carbocycles. The summed E-state index contributed by atoms with van der Waals surface area (Å²) in [5.41, 5.74) is 2.49. The molecule has 1 aromatic carbocycles. The molecule has 0 radical (unpaired) electrons.